The number of carbonyl (C=O) groups is 2. The van der Waals surface area contributed by atoms with Crippen LogP contribution in [0.4, 0.5) is 4.79 Å². The predicted molar refractivity (Wildman–Crippen MR) is 60.2 cm³/mol. The van der Waals surface area contributed by atoms with Gasteiger partial charge in [0.15, 0.2) is 0 Å². The zero-order valence-electron chi connectivity index (χ0n) is 10.1. The monoisotopic (exact) mass is 228 g/mol. The number of aliphatic carboxylic acids is 1. The van der Waals surface area contributed by atoms with E-state index in [4.69, 9.17) is 5.11 Å². The van der Waals surface area contributed by atoms with Crippen molar-refractivity contribution in [3.63, 3.8) is 0 Å². The van der Waals surface area contributed by atoms with Crippen LogP contribution in [-0.2, 0) is 4.79 Å². The fraction of sp³-hybridized carbons (Fsp3) is 0.818. The number of nitrogens with one attached hydrogen (secondary N) is 1. The van der Waals surface area contributed by atoms with Crippen molar-refractivity contribution >= 4 is 12.0 Å². The maximum atomic E-state index is 11.6. The molecule has 1 saturated carbocycles. The van der Waals surface area contributed by atoms with E-state index in [0.29, 0.717) is 0 Å². The molecule has 1 rings (SSSR count). The average Bonchev–Trinajstić information content (AvgIpc) is 2.44. The van der Waals surface area contributed by atoms with Crippen LogP contribution in [0.25, 0.3) is 0 Å². The summed E-state index contributed by atoms with van der Waals surface area (Å²) in [5, 5.41) is 11.4. The van der Waals surface area contributed by atoms with Gasteiger partial charge in [-0.1, -0.05) is 13.8 Å². The Morgan fingerprint density at radius 1 is 1.50 bits per heavy atom. The first-order chi connectivity index (χ1) is 7.30. The fourth-order valence-electron chi connectivity index (χ4n) is 2.12. The highest BCUT2D eigenvalue weighted by Crippen LogP contribution is 2.36. The molecule has 5 heteroatoms. The number of likely N-dealkylation sites (N-methyl/N-ethyl adjacent to an activating group) is 1. The van der Waals surface area contributed by atoms with Crippen LogP contribution in [0.5, 0.6) is 0 Å². The van der Waals surface area contributed by atoms with E-state index >= 15 is 0 Å². The lowest BCUT2D eigenvalue weighted by atomic mass is 9.92. The molecule has 16 heavy (non-hydrogen) atoms. The molecule has 2 amide bonds. The summed E-state index contributed by atoms with van der Waals surface area (Å²) >= 11 is 0. The Balaban J connectivity index is 2.38. The quantitative estimate of drug-likeness (QED) is 0.764. The van der Waals surface area contributed by atoms with Gasteiger partial charge in [-0.05, 0) is 24.7 Å². The van der Waals surface area contributed by atoms with Gasteiger partial charge in [-0.3, -0.25) is 4.79 Å². The summed E-state index contributed by atoms with van der Waals surface area (Å²) in [7, 11) is 1.49. The first-order valence-electron chi connectivity index (χ1n) is 5.53. The van der Waals surface area contributed by atoms with E-state index in [1.807, 2.05) is 0 Å². The summed E-state index contributed by atoms with van der Waals surface area (Å²) in [5.41, 5.74) is 0.281. The molecular formula is C11H20N2O3. The van der Waals surface area contributed by atoms with Gasteiger partial charge in [0, 0.05) is 13.1 Å². The first-order valence-corrected chi connectivity index (χ1v) is 5.53. The number of hydrogen-bond donors (Lipinski definition) is 2. The second-order valence-electron chi connectivity index (χ2n) is 5.30. The summed E-state index contributed by atoms with van der Waals surface area (Å²) in [6.07, 6.45) is 3.03. The van der Waals surface area contributed by atoms with Gasteiger partial charge in [0.05, 0.1) is 0 Å². The van der Waals surface area contributed by atoms with Crippen LogP contribution < -0.4 is 5.32 Å². The number of carbonyl (C=O) groups excluding carboxylic acids is 1. The van der Waals surface area contributed by atoms with Crippen LogP contribution in [0.3, 0.4) is 0 Å². The molecule has 1 fully saturated rings. The van der Waals surface area contributed by atoms with Crippen molar-refractivity contribution in [3.05, 3.63) is 0 Å². The third kappa shape index (κ3) is 3.72. The third-order valence-electron chi connectivity index (χ3n) is 3.02. The van der Waals surface area contributed by atoms with Crippen LogP contribution in [0.1, 0.15) is 33.1 Å². The van der Waals surface area contributed by atoms with E-state index in [-0.39, 0.29) is 24.0 Å². The van der Waals surface area contributed by atoms with Gasteiger partial charge in [-0.25, -0.2) is 4.79 Å². The molecule has 1 aliphatic carbocycles. The summed E-state index contributed by atoms with van der Waals surface area (Å²) < 4.78 is 0. The van der Waals surface area contributed by atoms with E-state index in [0.717, 1.165) is 19.3 Å². The van der Waals surface area contributed by atoms with Gasteiger partial charge >= 0.3 is 12.0 Å². The summed E-state index contributed by atoms with van der Waals surface area (Å²) in [4.78, 5) is 23.2. The Morgan fingerprint density at radius 3 is 2.56 bits per heavy atom. The van der Waals surface area contributed by atoms with Crippen LogP contribution in [0.2, 0.25) is 0 Å². The minimum Gasteiger partial charge on any atom is -0.480 e. The third-order valence-corrected chi connectivity index (χ3v) is 3.02. The second kappa shape index (κ2) is 4.72. The van der Waals surface area contributed by atoms with Gasteiger partial charge < -0.3 is 15.3 Å². The number of carboxylic acids is 1. The number of urea groups is 1. The highest BCUT2D eigenvalue weighted by molar-refractivity contribution is 5.79. The van der Waals surface area contributed by atoms with E-state index in [1.165, 1.54) is 11.9 Å². The molecule has 0 heterocycles. The molecule has 5 nitrogen and oxygen atoms in total. The highest BCUT2D eigenvalue weighted by Gasteiger charge is 2.32. The van der Waals surface area contributed by atoms with Gasteiger partial charge in [-0.2, -0.15) is 0 Å². The molecule has 0 aliphatic heterocycles. The number of rotatable bonds is 3. The second-order valence-corrected chi connectivity index (χ2v) is 5.30. The Morgan fingerprint density at radius 2 is 2.12 bits per heavy atom. The molecule has 0 spiro atoms. The maximum absolute atomic E-state index is 11.6. The molecule has 0 aromatic rings. The fourth-order valence-corrected chi connectivity index (χ4v) is 2.12. The van der Waals surface area contributed by atoms with Crippen molar-refractivity contribution in [3.8, 4) is 0 Å². The standard InChI is InChI=1S/C11H20N2O3/c1-11(2)5-4-8(6-11)12-10(16)13(3)7-9(14)15/h8H,4-7H2,1-3H3,(H,12,16)(H,14,15). The maximum Gasteiger partial charge on any atom is 0.323 e. The molecular weight excluding hydrogens is 208 g/mol. The van der Waals surface area contributed by atoms with Gasteiger partial charge in [0.1, 0.15) is 6.54 Å². The predicted octanol–water partition coefficient (Wildman–Crippen LogP) is 1.29. The van der Waals surface area contributed by atoms with E-state index in [9.17, 15) is 9.59 Å². The van der Waals surface area contributed by atoms with E-state index in [1.54, 1.807) is 0 Å². The topological polar surface area (TPSA) is 69.6 Å². The van der Waals surface area contributed by atoms with Crippen LogP contribution in [-0.4, -0.2) is 41.6 Å². The molecule has 0 radical (unpaired) electrons. The molecule has 2 N–H and O–H groups in total. The van der Waals surface area contributed by atoms with Crippen molar-refractivity contribution in [1.82, 2.24) is 10.2 Å². The van der Waals surface area contributed by atoms with Crippen molar-refractivity contribution in [2.45, 2.75) is 39.2 Å². The lowest BCUT2D eigenvalue weighted by molar-refractivity contribution is -0.137. The summed E-state index contributed by atoms with van der Waals surface area (Å²) in [5.74, 6) is -0.996. The van der Waals surface area contributed by atoms with Crippen molar-refractivity contribution in [2.24, 2.45) is 5.41 Å². The highest BCUT2D eigenvalue weighted by atomic mass is 16.4. The average molecular weight is 228 g/mol. The van der Waals surface area contributed by atoms with Crippen molar-refractivity contribution < 1.29 is 14.7 Å². The molecule has 0 aromatic heterocycles. The lowest BCUT2D eigenvalue weighted by Gasteiger charge is -2.21. The van der Waals surface area contributed by atoms with Crippen molar-refractivity contribution in [1.29, 1.82) is 0 Å². The van der Waals surface area contributed by atoms with Gasteiger partial charge in [0.25, 0.3) is 0 Å². The van der Waals surface area contributed by atoms with Crippen LogP contribution >= 0.6 is 0 Å². The number of carboxylic acid groups (broad SMARTS) is 1. The minimum atomic E-state index is -0.996. The van der Waals surface area contributed by atoms with E-state index in [2.05, 4.69) is 19.2 Å². The molecule has 1 unspecified atom stereocenters. The number of amides is 2. The largest absolute Gasteiger partial charge is 0.480 e. The lowest BCUT2D eigenvalue weighted by Crippen LogP contribution is -2.44. The Bertz CT molecular complexity index is 289. The van der Waals surface area contributed by atoms with E-state index < -0.39 is 5.97 Å². The first kappa shape index (κ1) is 12.8. The SMILES string of the molecule is CN(CC(=O)O)C(=O)NC1CCC(C)(C)C1. The number of nitrogens with zero attached hydrogens (tertiary/aromatic N) is 1. The van der Waals surface area contributed by atoms with Crippen LogP contribution in [0, 0.1) is 5.41 Å². The normalized spacial score (nSPS) is 22.8. The molecule has 1 aliphatic rings. The minimum absolute atomic E-state index is 0.179. The Kier molecular flexibility index (Phi) is 3.78. The van der Waals surface area contributed by atoms with Crippen LogP contribution in [0.15, 0.2) is 0 Å². The summed E-state index contributed by atoms with van der Waals surface area (Å²) in [6.45, 7) is 4.10. The molecule has 0 bridgehead atoms. The molecule has 92 valence electrons. The zero-order valence-corrected chi connectivity index (χ0v) is 10.1. The van der Waals surface area contributed by atoms with Gasteiger partial charge in [0.2, 0.25) is 0 Å². The molecule has 1 atom stereocenters. The molecule has 0 aromatic carbocycles. The number of hydrogen-bond acceptors (Lipinski definition) is 2. The molecule has 0 saturated heterocycles. The van der Waals surface area contributed by atoms with Gasteiger partial charge in [-0.15, -0.1) is 0 Å². The Labute approximate surface area is 95.8 Å². The zero-order chi connectivity index (χ0) is 12.3. The Hall–Kier alpha value is -1.26. The van der Waals surface area contributed by atoms with Crippen molar-refractivity contribution in [2.75, 3.05) is 13.6 Å². The smallest absolute Gasteiger partial charge is 0.323 e. The summed E-state index contributed by atoms with van der Waals surface area (Å²) in [6, 6.07) is -0.121.